The van der Waals surface area contributed by atoms with Gasteiger partial charge in [0.2, 0.25) is 5.78 Å². The van der Waals surface area contributed by atoms with Crippen molar-refractivity contribution in [3.63, 3.8) is 0 Å². The van der Waals surface area contributed by atoms with E-state index in [0.29, 0.717) is 16.8 Å². The van der Waals surface area contributed by atoms with Crippen LogP contribution >= 0.6 is 0 Å². The number of rotatable bonds is 2. The Morgan fingerprint density at radius 3 is 2.50 bits per heavy atom. The zero-order valence-corrected chi connectivity index (χ0v) is 10.5. The van der Waals surface area contributed by atoms with Crippen LogP contribution in [0.1, 0.15) is 16.1 Å². The van der Waals surface area contributed by atoms with E-state index in [1.54, 1.807) is 12.1 Å². The number of para-hydroxylation sites is 1. The highest BCUT2D eigenvalue weighted by Crippen LogP contribution is 2.21. The second-order valence-corrected chi connectivity index (χ2v) is 4.45. The Bertz CT molecular complexity index is 797. The van der Waals surface area contributed by atoms with Gasteiger partial charge >= 0.3 is 0 Å². The lowest BCUT2D eigenvalue weighted by molar-refractivity contribution is 0.103. The predicted octanol–water partition coefficient (Wildman–Crippen LogP) is 3.19. The molecule has 0 unspecified atom stereocenters. The van der Waals surface area contributed by atoms with Gasteiger partial charge < -0.3 is 5.73 Å². The number of fused-ring (bicyclic) bond motifs is 1. The molecule has 0 atom stereocenters. The van der Waals surface area contributed by atoms with Crippen LogP contribution in [0.4, 0.5) is 10.1 Å². The molecule has 2 aromatic carbocycles. The fraction of sp³-hybridized carbons (Fsp3) is 0. The highest BCUT2D eigenvalue weighted by Gasteiger charge is 2.13. The van der Waals surface area contributed by atoms with Crippen LogP contribution in [-0.4, -0.2) is 10.8 Å². The molecule has 0 aliphatic carbocycles. The summed E-state index contributed by atoms with van der Waals surface area (Å²) in [6.45, 7) is 0. The number of pyridine rings is 1. The summed E-state index contributed by atoms with van der Waals surface area (Å²) in [5.74, 6) is -0.657. The highest BCUT2D eigenvalue weighted by molar-refractivity contribution is 6.09. The van der Waals surface area contributed by atoms with Crippen molar-refractivity contribution in [3.05, 3.63) is 71.7 Å². The third kappa shape index (κ3) is 2.12. The fourth-order valence-corrected chi connectivity index (χ4v) is 2.07. The Hall–Kier alpha value is -2.75. The molecule has 3 rings (SSSR count). The van der Waals surface area contributed by atoms with Gasteiger partial charge in [0.1, 0.15) is 11.5 Å². The quantitative estimate of drug-likeness (QED) is 0.725. The van der Waals surface area contributed by atoms with E-state index in [1.807, 2.05) is 18.2 Å². The number of hydrogen-bond acceptors (Lipinski definition) is 3. The van der Waals surface area contributed by atoms with Gasteiger partial charge in [0.05, 0.1) is 5.52 Å². The molecule has 0 fully saturated rings. The summed E-state index contributed by atoms with van der Waals surface area (Å²) in [6, 6.07) is 14.3. The Labute approximate surface area is 114 Å². The van der Waals surface area contributed by atoms with Gasteiger partial charge in [-0.25, -0.2) is 9.37 Å². The maximum Gasteiger partial charge on any atom is 0.211 e. The molecule has 0 aliphatic rings. The van der Waals surface area contributed by atoms with Crippen molar-refractivity contribution in [3.8, 4) is 0 Å². The lowest BCUT2D eigenvalue weighted by Gasteiger charge is -2.05. The summed E-state index contributed by atoms with van der Waals surface area (Å²) in [6.07, 6.45) is 0. The number of ketones is 1. The van der Waals surface area contributed by atoms with Crippen LogP contribution in [0.3, 0.4) is 0 Å². The van der Waals surface area contributed by atoms with Crippen LogP contribution in [0.5, 0.6) is 0 Å². The molecule has 98 valence electrons. The molecular weight excluding hydrogens is 255 g/mol. The van der Waals surface area contributed by atoms with Crippen molar-refractivity contribution in [1.82, 2.24) is 4.98 Å². The normalized spacial score (nSPS) is 10.7. The molecule has 3 nitrogen and oxygen atoms in total. The molecular formula is C16H11FN2O. The minimum Gasteiger partial charge on any atom is -0.398 e. The molecule has 2 N–H and O–H groups in total. The van der Waals surface area contributed by atoms with Gasteiger partial charge in [-0.2, -0.15) is 0 Å². The van der Waals surface area contributed by atoms with E-state index in [4.69, 9.17) is 5.73 Å². The molecule has 0 amide bonds. The minimum atomic E-state index is -0.382. The molecule has 0 aliphatic heterocycles. The van der Waals surface area contributed by atoms with Gasteiger partial charge in [-0.15, -0.1) is 0 Å². The maximum absolute atomic E-state index is 12.9. The third-order valence-corrected chi connectivity index (χ3v) is 3.09. The number of halogens is 1. The van der Waals surface area contributed by atoms with Gasteiger partial charge in [-0.1, -0.05) is 18.2 Å². The van der Waals surface area contributed by atoms with Crippen LogP contribution in [0.15, 0.2) is 54.6 Å². The first kappa shape index (κ1) is 12.3. The molecule has 20 heavy (non-hydrogen) atoms. The van der Waals surface area contributed by atoms with Crippen LogP contribution in [0.25, 0.3) is 10.9 Å². The average molecular weight is 266 g/mol. The monoisotopic (exact) mass is 266 g/mol. The van der Waals surface area contributed by atoms with E-state index >= 15 is 0 Å². The smallest absolute Gasteiger partial charge is 0.211 e. The number of aromatic nitrogens is 1. The zero-order chi connectivity index (χ0) is 14.1. The summed E-state index contributed by atoms with van der Waals surface area (Å²) >= 11 is 0. The summed E-state index contributed by atoms with van der Waals surface area (Å²) in [7, 11) is 0. The number of carbonyl (C=O) groups excluding carboxylic acids is 1. The van der Waals surface area contributed by atoms with E-state index in [2.05, 4.69) is 4.98 Å². The minimum absolute atomic E-state index is 0.257. The molecule has 3 aromatic rings. The second-order valence-electron chi connectivity index (χ2n) is 4.45. The SMILES string of the molecule is Nc1cc(C(=O)c2ccc(F)cc2)nc2ccccc12. The number of carbonyl (C=O) groups is 1. The van der Waals surface area contributed by atoms with Gasteiger partial charge in [0, 0.05) is 16.6 Å². The number of anilines is 1. The summed E-state index contributed by atoms with van der Waals surface area (Å²) in [4.78, 5) is 16.6. The maximum atomic E-state index is 12.9. The first-order chi connectivity index (χ1) is 9.65. The lowest BCUT2D eigenvalue weighted by Crippen LogP contribution is -2.05. The van der Waals surface area contributed by atoms with Gasteiger partial charge in [0.15, 0.2) is 0 Å². The van der Waals surface area contributed by atoms with E-state index in [9.17, 15) is 9.18 Å². The Morgan fingerprint density at radius 2 is 1.75 bits per heavy atom. The van der Waals surface area contributed by atoms with Crippen molar-refractivity contribution < 1.29 is 9.18 Å². The number of hydrogen-bond donors (Lipinski definition) is 1. The fourth-order valence-electron chi connectivity index (χ4n) is 2.07. The van der Waals surface area contributed by atoms with Crippen molar-refractivity contribution in [1.29, 1.82) is 0 Å². The molecule has 4 heteroatoms. The second kappa shape index (κ2) is 4.74. The molecule has 0 saturated heterocycles. The molecule has 0 saturated carbocycles. The number of nitrogens with two attached hydrogens (primary N) is 1. The molecule has 0 radical (unpaired) electrons. The third-order valence-electron chi connectivity index (χ3n) is 3.09. The van der Waals surface area contributed by atoms with E-state index < -0.39 is 0 Å². The van der Waals surface area contributed by atoms with Crippen molar-refractivity contribution in [2.75, 3.05) is 5.73 Å². The van der Waals surface area contributed by atoms with Crippen LogP contribution < -0.4 is 5.73 Å². The summed E-state index contributed by atoms with van der Waals surface area (Å²) in [5.41, 5.74) is 7.75. The lowest BCUT2D eigenvalue weighted by atomic mass is 10.1. The summed E-state index contributed by atoms with van der Waals surface area (Å²) < 4.78 is 12.9. The van der Waals surface area contributed by atoms with E-state index in [-0.39, 0.29) is 17.3 Å². The van der Waals surface area contributed by atoms with Gasteiger partial charge in [0.25, 0.3) is 0 Å². The highest BCUT2D eigenvalue weighted by atomic mass is 19.1. The molecule has 1 aromatic heterocycles. The number of benzene rings is 2. The van der Waals surface area contributed by atoms with Crippen molar-refractivity contribution in [2.24, 2.45) is 0 Å². The van der Waals surface area contributed by atoms with Crippen LogP contribution in [0, 0.1) is 5.82 Å². The summed E-state index contributed by atoms with van der Waals surface area (Å²) in [5, 5.41) is 0.808. The van der Waals surface area contributed by atoms with Crippen molar-refractivity contribution in [2.45, 2.75) is 0 Å². The number of nitrogen functional groups attached to an aromatic ring is 1. The number of nitrogens with zero attached hydrogens (tertiary/aromatic N) is 1. The van der Waals surface area contributed by atoms with E-state index in [1.165, 1.54) is 24.3 Å². The first-order valence-electron chi connectivity index (χ1n) is 6.11. The average Bonchev–Trinajstić information content (AvgIpc) is 2.47. The zero-order valence-electron chi connectivity index (χ0n) is 10.5. The Balaban J connectivity index is 2.10. The Kier molecular flexibility index (Phi) is 2.91. The largest absolute Gasteiger partial charge is 0.398 e. The van der Waals surface area contributed by atoms with E-state index in [0.717, 1.165) is 5.39 Å². The molecule has 0 spiro atoms. The standard InChI is InChI=1S/C16H11FN2O/c17-11-7-5-10(6-8-11)16(20)15-9-13(18)12-3-1-2-4-14(12)19-15/h1-9H,(H2,18,19). The van der Waals surface area contributed by atoms with Gasteiger partial charge in [-0.05, 0) is 36.4 Å². The molecule has 1 heterocycles. The van der Waals surface area contributed by atoms with Crippen LogP contribution in [0.2, 0.25) is 0 Å². The van der Waals surface area contributed by atoms with Crippen LogP contribution in [-0.2, 0) is 0 Å². The van der Waals surface area contributed by atoms with Crippen molar-refractivity contribution >= 4 is 22.4 Å². The first-order valence-corrected chi connectivity index (χ1v) is 6.11. The van der Waals surface area contributed by atoms with Gasteiger partial charge in [-0.3, -0.25) is 4.79 Å². The predicted molar refractivity (Wildman–Crippen MR) is 76.0 cm³/mol. The topological polar surface area (TPSA) is 56.0 Å². The molecule has 0 bridgehead atoms. The Morgan fingerprint density at radius 1 is 1.05 bits per heavy atom.